The van der Waals surface area contributed by atoms with Gasteiger partial charge in [0.05, 0.1) is 18.9 Å². The molecule has 0 unspecified atom stereocenters. The minimum Gasteiger partial charge on any atom is -0.496 e. The van der Waals surface area contributed by atoms with Crippen molar-refractivity contribution < 1.29 is 14.4 Å². The molecular formula is C22H27N3O3. The number of amides is 1. The lowest BCUT2D eigenvalue weighted by Gasteiger charge is -2.27. The Labute approximate surface area is 166 Å². The third kappa shape index (κ3) is 4.17. The Bertz CT molecular complexity index is 851. The lowest BCUT2D eigenvalue weighted by molar-refractivity contribution is -0.141. The molecule has 0 radical (unpaired) electrons. The van der Waals surface area contributed by atoms with Crippen LogP contribution in [0, 0.1) is 0 Å². The van der Waals surface area contributed by atoms with Gasteiger partial charge in [0.1, 0.15) is 5.75 Å². The number of oxime groups is 1. The SMILES string of the molecule is COc1ccccc1C1=NO[C@@](C)(C(=O)NC[C@H](c2ccccc2)N(C)C)C1. The first-order valence-corrected chi connectivity index (χ1v) is 9.33. The summed E-state index contributed by atoms with van der Waals surface area (Å²) in [7, 11) is 5.62. The summed E-state index contributed by atoms with van der Waals surface area (Å²) in [6.07, 6.45) is 0.386. The number of hydrogen-bond donors (Lipinski definition) is 1. The molecule has 6 nitrogen and oxygen atoms in total. The van der Waals surface area contributed by atoms with Gasteiger partial charge in [0, 0.05) is 18.5 Å². The largest absolute Gasteiger partial charge is 0.496 e. The highest BCUT2D eigenvalue weighted by Crippen LogP contribution is 2.30. The van der Waals surface area contributed by atoms with Gasteiger partial charge >= 0.3 is 0 Å². The van der Waals surface area contributed by atoms with Crippen LogP contribution in [-0.4, -0.2) is 49.9 Å². The van der Waals surface area contributed by atoms with Gasteiger partial charge in [-0.3, -0.25) is 4.79 Å². The van der Waals surface area contributed by atoms with Gasteiger partial charge in [0.25, 0.3) is 5.91 Å². The van der Waals surface area contributed by atoms with Crippen LogP contribution < -0.4 is 10.1 Å². The minimum absolute atomic E-state index is 0.0739. The Hall–Kier alpha value is -2.86. The number of carbonyl (C=O) groups is 1. The number of methoxy groups -OCH3 is 1. The fourth-order valence-corrected chi connectivity index (χ4v) is 3.34. The number of para-hydroxylation sites is 1. The molecule has 2 atom stereocenters. The van der Waals surface area contributed by atoms with Crippen molar-refractivity contribution in [2.45, 2.75) is 25.0 Å². The number of nitrogens with one attached hydrogen (secondary N) is 1. The molecule has 0 fully saturated rings. The number of carbonyl (C=O) groups excluding carboxylic acids is 1. The van der Waals surface area contributed by atoms with Crippen molar-refractivity contribution in [2.75, 3.05) is 27.7 Å². The molecule has 1 aliphatic rings. The average molecular weight is 381 g/mol. The lowest BCUT2D eigenvalue weighted by atomic mass is 9.94. The molecule has 0 saturated carbocycles. The summed E-state index contributed by atoms with van der Waals surface area (Å²) in [5.41, 5.74) is 1.67. The fraction of sp³-hybridized carbons (Fsp3) is 0.364. The molecule has 2 aromatic carbocycles. The van der Waals surface area contributed by atoms with Crippen LogP contribution in [0.1, 0.15) is 30.5 Å². The average Bonchev–Trinajstić information content (AvgIpc) is 3.12. The summed E-state index contributed by atoms with van der Waals surface area (Å²) in [5.74, 6) is 0.537. The maximum atomic E-state index is 12.9. The Morgan fingerprint density at radius 3 is 2.57 bits per heavy atom. The van der Waals surface area contributed by atoms with Gasteiger partial charge in [-0.25, -0.2) is 0 Å². The van der Waals surface area contributed by atoms with Crippen molar-refractivity contribution in [3.8, 4) is 5.75 Å². The summed E-state index contributed by atoms with van der Waals surface area (Å²) in [4.78, 5) is 20.6. The van der Waals surface area contributed by atoms with E-state index in [1.54, 1.807) is 14.0 Å². The smallest absolute Gasteiger partial charge is 0.267 e. The lowest BCUT2D eigenvalue weighted by Crippen LogP contribution is -2.47. The molecule has 0 saturated heterocycles. The quantitative estimate of drug-likeness (QED) is 0.801. The van der Waals surface area contributed by atoms with Crippen LogP contribution in [0.3, 0.4) is 0 Å². The molecule has 2 aromatic rings. The zero-order valence-electron chi connectivity index (χ0n) is 16.8. The predicted molar refractivity (Wildman–Crippen MR) is 110 cm³/mol. The first kappa shape index (κ1) is 19.9. The van der Waals surface area contributed by atoms with E-state index >= 15 is 0 Å². The first-order chi connectivity index (χ1) is 13.4. The highest BCUT2D eigenvalue weighted by Gasteiger charge is 2.42. The van der Waals surface area contributed by atoms with E-state index in [9.17, 15) is 4.79 Å². The van der Waals surface area contributed by atoms with Crippen LogP contribution in [0.2, 0.25) is 0 Å². The van der Waals surface area contributed by atoms with E-state index in [0.717, 1.165) is 11.1 Å². The summed E-state index contributed by atoms with van der Waals surface area (Å²) < 4.78 is 5.40. The van der Waals surface area contributed by atoms with Gasteiger partial charge in [-0.2, -0.15) is 0 Å². The zero-order valence-corrected chi connectivity index (χ0v) is 16.8. The zero-order chi connectivity index (χ0) is 20.1. The van der Waals surface area contributed by atoms with Crippen molar-refractivity contribution in [1.82, 2.24) is 10.2 Å². The van der Waals surface area contributed by atoms with Crippen LogP contribution in [0.25, 0.3) is 0 Å². The number of likely N-dealkylation sites (N-methyl/N-ethyl adjacent to an activating group) is 1. The van der Waals surface area contributed by atoms with E-state index in [0.29, 0.717) is 24.4 Å². The Kier molecular flexibility index (Phi) is 5.99. The van der Waals surface area contributed by atoms with Crippen molar-refractivity contribution in [1.29, 1.82) is 0 Å². The number of hydrogen-bond acceptors (Lipinski definition) is 5. The summed E-state index contributed by atoms with van der Waals surface area (Å²) >= 11 is 0. The van der Waals surface area contributed by atoms with E-state index in [4.69, 9.17) is 9.57 Å². The van der Waals surface area contributed by atoms with Gasteiger partial charge in [-0.05, 0) is 38.7 Å². The second-order valence-electron chi connectivity index (χ2n) is 7.34. The number of nitrogens with zero attached hydrogens (tertiary/aromatic N) is 2. The maximum Gasteiger partial charge on any atom is 0.267 e. The number of benzene rings is 2. The summed E-state index contributed by atoms with van der Waals surface area (Å²) in [6.45, 7) is 2.25. The van der Waals surface area contributed by atoms with Gasteiger partial charge in [0.15, 0.2) is 0 Å². The summed E-state index contributed by atoms with van der Waals surface area (Å²) in [5, 5.41) is 7.21. The molecule has 28 heavy (non-hydrogen) atoms. The third-order valence-corrected chi connectivity index (χ3v) is 5.02. The maximum absolute atomic E-state index is 12.9. The normalized spacial score (nSPS) is 19.7. The van der Waals surface area contributed by atoms with Gasteiger partial charge < -0.3 is 19.8 Å². The second kappa shape index (κ2) is 8.44. The predicted octanol–water partition coefficient (Wildman–Crippen LogP) is 3.00. The third-order valence-electron chi connectivity index (χ3n) is 5.02. The van der Waals surface area contributed by atoms with Crippen LogP contribution in [0.15, 0.2) is 59.8 Å². The van der Waals surface area contributed by atoms with Crippen LogP contribution in [0.4, 0.5) is 0 Å². The molecule has 0 spiro atoms. The first-order valence-electron chi connectivity index (χ1n) is 9.33. The van der Waals surface area contributed by atoms with E-state index in [2.05, 4.69) is 27.5 Å². The van der Waals surface area contributed by atoms with Crippen LogP contribution >= 0.6 is 0 Å². The summed E-state index contributed by atoms with van der Waals surface area (Å²) in [6, 6.07) is 17.8. The molecule has 148 valence electrons. The molecule has 0 aromatic heterocycles. The molecule has 0 aliphatic carbocycles. The number of rotatable bonds is 7. The van der Waals surface area contributed by atoms with Gasteiger partial charge in [0.2, 0.25) is 5.60 Å². The van der Waals surface area contributed by atoms with E-state index in [-0.39, 0.29) is 11.9 Å². The van der Waals surface area contributed by atoms with Gasteiger partial charge in [-0.1, -0.05) is 47.6 Å². The fourth-order valence-electron chi connectivity index (χ4n) is 3.34. The Balaban J connectivity index is 1.66. The van der Waals surface area contributed by atoms with Crippen molar-refractivity contribution >= 4 is 11.6 Å². The Morgan fingerprint density at radius 2 is 1.89 bits per heavy atom. The van der Waals surface area contributed by atoms with Crippen LogP contribution in [0.5, 0.6) is 5.75 Å². The minimum atomic E-state index is -1.04. The van der Waals surface area contributed by atoms with Crippen molar-refractivity contribution in [2.24, 2.45) is 5.16 Å². The monoisotopic (exact) mass is 381 g/mol. The number of ether oxygens (including phenoxy) is 1. The Morgan fingerprint density at radius 1 is 1.21 bits per heavy atom. The van der Waals surface area contributed by atoms with Crippen molar-refractivity contribution in [3.05, 3.63) is 65.7 Å². The van der Waals surface area contributed by atoms with E-state index in [1.165, 1.54) is 0 Å². The van der Waals surface area contributed by atoms with E-state index < -0.39 is 5.60 Å². The molecular weight excluding hydrogens is 354 g/mol. The topological polar surface area (TPSA) is 63.2 Å². The standard InChI is InChI=1S/C22H27N3O3/c1-22(14-18(24-28-22)17-12-8-9-13-20(17)27-4)21(26)23-15-19(25(2)3)16-10-6-5-7-11-16/h5-13,19H,14-15H2,1-4H3,(H,23,26)/t19-,22-/m1/s1. The van der Waals surface area contributed by atoms with E-state index in [1.807, 2.05) is 56.6 Å². The second-order valence-corrected chi connectivity index (χ2v) is 7.34. The molecule has 1 aliphatic heterocycles. The molecule has 0 bridgehead atoms. The molecule has 1 N–H and O–H groups in total. The van der Waals surface area contributed by atoms with Gasteiger partial charge in [-0.15, -0.1) is 0 Å². The van der Waals surface area contributed by atoms with Crippen LogP contribution in [-0.2, 0) is 9.63 Å². The molecule has 3 rings (SSSR count). The van der Waals surface area contributed by atoms with Crippen molar-refractivity contribution in [3.63, 3.8) is 0 Å². The molecule has 1 amide bonds. The highest BCUT2D eigenvalue weighted by atomic mass is 16.7. The molecule has 6 heteroatoms. The molecule has 1 heterocycles. The highest BCUT2D eigenvalue weighted by molar-refractivity contribution is 6.07.